The number of hydrogen-bond acceptors (Lipinski definition) is 6. The summed E-state index contributed by atoms with van der Waals surface area (Å²) in [6.45, 7) is 15.0. The molecule has 1 rings (SSSR count). The highest BCUT2D eigenvalue weighted by Gasteiger charge is 2.14. The van der Waals surface area contributed by atoms with E-state index in [9.17, 15) is 9.59 Å². The van der Waals surface area contributed by atoms with E-state index in [1.807, 2.05) is 0 Å². The van der Waals surface area contributed by atoms with Gasteiger partial charge in [0.15, 0.2) is 0 Å². The van der Waals surface area contributed by atoms with E-state index < -0.39 is 0 Å². The molecule has 1 atom stereocenters. The molecule has 0 radical (unpaired) electrons. The van der Waals surface area contributed by atoms with E-state index in [1.54, 1.807) is 0 Å². The highest BCUT2D eigenvalue weighted by Crippen LogP contribution is 2.23. The fourth-order valence-electron chi connectivity index (χ4n) is 8.77. The van der Waals surface area contributed by atoms with Gasteiger partial charge in [-0.1, -0.05) is 182 Å². The van der Waals surface area contributed by atoms with Gasteiger partial charge in [-0.15, -0.1) is 0 Å². The van der Waals surface area contributed by atoms with Crippen LogP contribution in [0.3, 0.4) is 0 Å². The number of carbonyl (C=O) groups is 2. The molecule has 57 heavy (non-hydrogen) atoms. The second-order valence-corrected chi connectivity index (χ2v) is 18.1. The van der Waals surface area contributed by atoms with E-state index in [-0.39, 0.29) is 11.9 Å². The van der Waals surface area contributed by atoms with Gasteiger partial charge in [0.2, 0.25) is 0 Å². The molecule has 338 valence electrons. The lowest BCUT2D eigenvalue weighted by atomic mass is 9.92. The number of ether oxygens (including phenoxy) is 3. The quantitative estimate of drug-likeness (QED) is 0.0451. The van der Waals surface area contributed by atoms with Gasteiger partial charge in [0.05, 0.1) is 19.3 Å². The molecular formula is C51H99NO5. The lowest BCUT2D eigenvalue weighted by Gasteiger charge is -2.19. The van der Waals surface area contributed by atoms with Crippen LogP contribution in [0.15, 0.2) is 0 Å². The molecule has 0 bridgehead atoms. The molecule has 6 nitrogen and oxygen atoms in total. The first-order chi connectivity index (χ1) is 28.0. The Morgan fingerprint density at radius 2 is 0.807 bits per heavy atom. The monoisotopic (exact) mass is 806 g/mol. The molecule has 1 heterocycles. The second-order valence-electron chi connectivity index (χ2n) is 18.1. The number of carbonyl (C=O) groups excluding carboxylic acids is 2. The van der Waals surface area contributed by atoms with Gasteiger partial charge in [0.25, 0.3) is 0 Å². The van der Waals surface area contributed by atoms with Crippen molar-refractivity contribution in [1.29, 1.82) is 0 Å². The van der Waals surface area contributed by atoms with Crippen LogP contribution in [0.2, 0.25) is 0 Å². The maximum atomic E-state index is 12.5. The zero-order valence-electron chi connectivity index (χ0n) is 38.9. The van der Waals surface area contributed by atoms with Crippen LogP contribution in [-0.2, 0) is 23.8 Å². The van der Waals surface area contributed by atoms with E-state index >= 15 is 0 Å². The molecule has 6 heteroatoms. The van der Waals surface area contributed by atoms with Crippen molar-refractivity contribution in [2.75, 3.05) is 39.5 Å². The zero-order valence-corrected chi connectivity index (χ0v) is 38.9. The van der Waals surface area contributed by atoms with Crippen LogP contribution >= 0.6 is 0 Å². The second kappa shape index (κ2) is 41.6. The maximum absolute atomic E-state index is 12.5. The SMILES string of the molecule is CCCCCC(CCCCC)CCOC(=O)CCCCCCCCC(CCCCCCC(=O)OCCC(CCCCC)CCCCC)OCCCCN1CCCC1. The third kappa shape index (κ3) is 35.3. The average Bonchev–Trinajstić information content (AvgIpc) is 3.73. The first-order valence-electron chi connectivity index (χ1n) is 25.7. The molecule has 0 N–H and O–H groups in total. The van der Waals surface area contributed by atoms with Crippen molar-refractivity contribution in [3.05, 3.63) is 0 Å². The van der Waals surface area contributed by atoms with Crippen LogP contribution in [0.1, 0.15) is 259 Å². The normalized spacial score (nSPS) is 13.9. The molecule has 0 aliphatic carbocycles. The molecule has 0 amide bonds. The number of rotatable bonds is 44. The molecule has 0 spiro atoms. The predicted molar refractivity (Wildman–Crippen MR) is 244 cm³/mol. The molecule has 1 aliphatic rings. The Labute approximate surface area is 355 Å². The van der Waals surface area contributed by atoms with Crippen LogP contribution < -0.4 is 0 Å². The van der Waals surface area contributed by atoms with Gasteiger partial charge in [-0.3, -0.25) is 9.59 Å². The number of nitrogens with zero attached hydrogens (tertiary/aromatic N) is 1. The minimum absolute atomic E-state index is 0.000579. The first kappa shape index (κ1) is 53.9. The van der Waals surface area contributed by atoms with Gasteiger partial charge in [-0.25, -0.2) is 0 Å². The lowest BCUT2D eigenvalue weighted by Crippen LogP contribution is -2.21. The van der Waals surface area contributed by atoms with Gasteiger partial charge in [-0.05, 0) is 95.7 Å². The van der Waals surface area contributed by atoms with E-state index in [1.165, 1.54) is 180 Å². The summed E-state index contributed by atoms with van der Waals surface area (Å²) in [6, 6.07) is 0. The Morgan fingerprint density at radius 3 is 1.23 bits per heavy atom. The standard InChI is InChI=1S/C51H99NO5/c1-5-9-19-31-47(32-20-10-6-2)39-45-56-50(53)37-25-16-14-13-15-23-35-49(55-44-30-29-43-52-41-27-28-42-52)36-24-17-18-26-38-51(54)57-46-40-48(33-21-11-7-3)34-22-12-8-4/h47-49H,5-46H2,1-4H3. The summed E-state index contributed by atoms with van der Waals surface area (Å²) in [5.41, 5.74) is 0. The Kier molecular flexibility index (Phi) is 39.3. The van der Waals surface area contributed by atoms with Crippen LogP contribution in [0, 0.1) is 11.8 Å². The Morgan fingerprint density at radius 1 is 0.421 bits per heavy atom. The number of esters is 2. The molecule has 1 saturated heterocycles. The molecule has 0 saturated carbocycles. The van der Waals surface area contributed by atoms with E-state index in [0.717, 1.165) is 70.3 Å². The van der Waals surface area contributed by atoms with E-state index in [2.05, 4.69) is 32.6 Å². The molecule has 0 aromatic rings. The van der Waals surface area contributed by atoms with E-state index in [4.69, 9.17) is 14.2 Å². The van der Waals surface area contributed by atoms with Crippen molar-refractivity contribution in [2.24, 2.45) is 11.8 Å². The van der Waals surface area contributed by atoms with Gasteiger partial charge in [-0.2, -0.15) is 0 Å². The molecule has 0 aromatic heterocycles. The summed E-state index contributed by atoms with van der Waals surface area (Å²) in [7, 11) is 0. The number of likely N-dealkylation sites (tertiary alicyclic amines) is 1. The number of unbranched alkanes of at least 4 members (excludes halogenated alkanes) is 17. The predicted octanol–water partition coefficient (Wildman–Crippen LogP) is 15.1. The van der Waals surface area contributed by atoms with Gasteiger partial charge < -0.3 is 19.1 Å². The van der Waals surface area contributed by atoms with Crippen molar-refractivity contribution >= 4 is 11.9 Å². The fourth-order valence-corrected chi connectivity index (χ4v) is 8.77. The fraction of sp³-hybridized carbons (Fsp3) is 0.961. The highest BCUT2D eigenvalue weighted by molar-refractivity contribution is 5.69. The molecule has 0 aromatic carbocycles. The van der Waals surface area contributed by atoms with E-state index in [0.29, 0.717) is 38.1 Å². The Balaban J connectivity index is 2.24. The first-order valence-corrected chi connectivity index (χ1v) is 25.7. The van der Waals surface area contributed by atoms with Crippen molar-refractivity contribution < 1.29 is 23.8 Å². The average molecular weight is 806 g/mol. The Bertz CT molecular complexity index is 841. The summed E-state index contributed by atoms with van der Waals surface area (Å²) < 4.78 is 17.9. The minimum atomic E-state index is 0.000579. The maximum Gasteiger partial charge on any atom is 0.305 e. The summed E-state index contributed by atoms with van der Waals surface area (Å²) in [5.74, 6) is 1.44. The summed E-state index contributed by atoms with van der Waals surface area (Å²) >= 11 is 0. The molecule has 1 unspecified atom stereocenters. The highest BCUT2D eigenvalue weighted by atomic mass is 16.5. The van der Waals surface area contributed by atoms with Crippen molar-refractivity contribution in [3.8, 4) is 0 Å². The summed E-state index contributed by atoms with van der Waals surface area (Å²) in [5, 5.41) is 0. The molecule has 1 fully saturated rings. The summed E-state index contributed by atoms with van der Waals surface area (Å²) in [4.78, 5) is 27.5. The van der Waals surface area contributed by atoms with Crippen molar-refractivity contribution in [3.63, 3.8) is 0 Å². The Hall–Kier alpha value is -1.14. The van der Waals surface area contributed by atoms with Gasteiger partial charge in [0, 0.05) is 19.4 Å². The zero-order chi connectivity index (χ0) is 41.3. The largest absolute Gasteiger partial charge is 0.466 e. The third-order valence-electron chi connectivity index (χ3n) is 12.7. The van der Waals surface area contributed by atoms with Gasteiger partial charge >= 0.3 is 11.9 Å². The molecule has 1 aliphatic heterocycles. The van der Waals surface area contributed by atoms with Crippen LogP contribution in [0.25, 0.3) is 0 Å². The van der Waals surface area contributed by atoms with Crippen LogP contribution in [0.5, 0.6) is 0 Å². The van der Waals surface area contributed by atoms with Crippen LogP contribution in [-0.4, -0.2) is 62.4 Å². The summed E-state index contributed by atoms with van der Waals surface area (Å²) in [6.07, 6.45) is 43.1. The lowest BCUT2D eigenvalue weighted by molar-refractivity contribution is -0.145. The van der Waals surface area contributed by atoms with Crippen LogP contribution in [0.4, 0.5) is 0 Å². The van der Waals surface area contributed by atoms with Crippen molar-refractivity contribution in [1.82, 2.24) is 4.90 Å². The third-order valence-corrected chi connectivity index (χ3v) is 12.7. The van der Waals surface area contributed by atoms with Gasteiger partial charge in [0.1, 0.15) is 0 Å². The smallest absolute Gasteiger partial charge is 0.305 e. The number of hydrogen-bond donors (Lipinski definition) is 0. The van der Waals surface area contributed by atoms with Crippen molar-refractivity contribution in [2.45, 2.75) is 265 Å². The minimum Gasteiger partial charge on any atom is -0.466 e. The topological polar surface area (TPSA) is 65.1 Å². The molecular weight excluding hydrogens is 707 g/mol.